The maximum absolute atomic E-state index is 11.0. The molecule has 0 saturated heterocycles. The minimum absolute atomic E-state index is 0. The largest absolute Gasteiger partial charge is 0.480 e. The van der Waals surface area contributed by atoms with Gasteiger partial charge in [0.25, 0.3) is 0 Å². The molecule has 0 aliphatic heterocycles. The molecule has 0 amide bonds. The van der Waals surface area contributed by atoms with Crippen molar-refractivity contribution in [2.45, 2.75) is 24.8 Å². The quantitative estimate of drug-likeness (QED) is 0.654. The third kappa shape index (κ3) is 6.93. The highest BCUT2D eigenvalue weighted by Crippen LogP contribution is 2.13. The Morgan fingerprint density at radius 2 is 1.80 bits per heavy atom. The third-order valence-corrected chi connectivity index (χ3v) is 3.62. The van der Waals surface area contributed by atoms with E-state index >= 15 is 0 Å². The second-order valence-electron chi connectivity index (χ2n) is 4.12. The summed E-state index contributed by atoms with van der Waals surface area (Å²) in [7, 11) is 0. The van der Waals surface area contributed by atoms with E-state index in [9.17, 15) is 9.59 Å². The maximum atomic E-state index is 11.0. The summed E-state index contributed by atoms with van der Waals surface area (Å²) in [4.78, 5) is 21.7. The van der Waals surface area contributed by atoms with Crippen molar-refractivity contribution in [2.75, 3.05) is 5.75 Å². The first-order valence-corrected chi connectivity index (χ1v) is 6.99. The van der Waals surface area contributed by atoms with Crippen LogP contribution in [0.1, 0.15) is 12.5 Å². The molecule has 0 bridgehead atoms. The smallest absolute Gasteiger partial charge is 0.321 e. The Bertz CT molecular complexity index is 430. The molecule has 112 valence electrons. The fourth-order valence-electron chi connectivity index (χ4n) is 1.43. The van der Waals surface area contributed by atoms with Gasteiger partial charge in [0.05, 0.1) is 0 Å². The van der Waals surface area contributed by atoms with E-state index in [0.717, 1.165) is 5.56 Å². The molecule has 7 heteroatoms. The summed E-state index contributed by atoms with van der Waals surface area (Å²) < 4.78 is 0. The highest BCUT2D eigenvalue weighted by Gasteiger charge is 2.22. The van der Waals surface area contributed by atoms with E-state index in [2.05, 4.69) is 5.32 Å². The Kier molecular flexibility index (Phi) is 9.28. The summed E-state index contributed by atoms with van der Waals surface area (Å²) in [6, 6.07) is 7.97. The molecular formula is C13H18BrNO4S. The summed E-state index contributed by atoms with van der Waals surface area (Å²) in [6.45, 7) is 1.43. The number of thioether (sulfide) groups is 1. The summed E-state index contributed by atoms with van der Waals surface area (Å²) >= 11 is 1.46. The van der Waals surface area contributed by atoms with Gasteiger partial charge in [-0.1, -0.05) is 30.3 Å². The lowest BCUT2D eigenvalue weighted by molar-refractivity contribution is -0.141. The van der Waals surface area contributed by atoms with E-state index in [1.807, 2.05) is 30.3 Å². The zero-order valence-corrected chi connectivity index (χ0v) is 13.5. The molecule has 1 aromatic carbocycles. The van der Waals surface area contributed by atoms with E-state index < -0.39 is 24.0 Å². The monoisotopic (exact) mass is 363 g/mol. The third-order valence-electron chi connectivity index (χ3n) is 2.52. The topological polar surface area (TPSA) is 86.6 Å². The molecule has 2 atom stereocenters. The van der Waals surface area contributed by atoms with Crippen LogP contribution in [0.3, 0.4) is 0 Å². The molecule has 1 unspecified atom stereocenters. The first-order valence-electron chi connectivity index (χ1n) is 5.84. The zero-order chi connectivity index (χ0) is 14.3. The van der Waals surface area contributed by atoms with Crippen LogP contribution in [0.15, 0.2) is 30.3 Å². The number of carboxylic acid groups (broad SMARTS) is 2. The van der Waals surface area contributed by atoms with Crippen molar-refractivity contribution in [1.29, 1.82) is 0 Å². The summed E-state index contributed by atoms with van der Waals surface area (Å²) in [5, 5.41) is 20.4. The van der Waals surface area contributed by atoms with Crippen LogP contribution < -0.4 is 5.32 Å². The van der Waals surface area contributed by atoms with Crippen molar-refractivity contribution in [3.05, 3.63) is 35.9 Å². The Labute approximate surface area is 132 Å². The van der Waals surface area contributed by atoms with Crippen LogP contribution in [0, 0.1) is 0 Å². The highest BCUT2D eigenvalue weighted by atomic mass is 79.9. The van der Waals surface area contributed by atoms with Crippen LogP contribution in [-0.2, 0) is 15.3 Å². The van der Waals surface area contributed by atoms with Gasteiger partial charge in [0.15, 0.2) is 0 Å². The molecule has 5 nitrogen and oxygen atoms in total. The van der Waals surface area contributed by atoms with Crippen molar-refractivity contribution in [2.24, 2.45) is 0 Å². The Balaban J connectivity index is 0.00000361. The molecule has 0 aliphatic rings. The average molecular weight is 364 g/mol. The van der Waals surface area contributed by atoms with Gasteiger partial charge in [0.2, 0.25) is 0 Å². The van der Waals surface area contributed by atoms with E-state index in [1.165, 1.54) is 18.7 Å². The molecule has 1 aromatic rings. The Morgan fingerprint density at radius 1 is 1.20 bits per heavy atom. The normalized spacial score (nSPS) is 13.1. The molecule has 3 N–H and O–H groups in total. The zero-order valence-electron chi connectivity index (χ0n) is 11.0. The van der Waals surface area contributed by atoms with Crippen LogP contribution in [0.25, 0.3) is 0 Å². The fraction of sp³-hybridized carbons (Fsp3) is 0.385. The van der Waals surface area contributed by atoms with E-state index in [4.69, 9.17) is 10.2 Å². The lowest BCUT2D eigenvalue weighted by Crippen LogP contribution is -2.47. The van der Waals surface area contributed by atoms with Crippen molar-refractivity contribution in [1.82, 2.24) is 5.32 Å². The van der Waals surface area contributed by atoms with Gasteiger partial charge in [-0.25, -0.2) is 0 Å². The Morgan fingerprint density at radius 3 is 2.30 bits per heavy atom. The van der Waals surface area contributed by atoms with Gasteiger partial charge in [-0.05, 0) is 12.5 Å². The molecule has 1 rings (SSSR count). The van der Waals surface area contributed by atoms with Crippen LogP contribution in [0.2, 0.25) is 0 Å². The van der Waals surface area contributed by atoms with Crippen LogP contribution in [-0.4, -0.2) is 40.0 Å². The number of hydrogen-bond donors (Lipinski definition) is 3. The summed E-state index contributed by atoms with van der Waals surface area (Å²) in [5.74, 6) is -1.07. The number of carbonyl (C=O) groups is 2. The number of carboxylic acids is 2. The molecule has 0 saturated carbocycles. The number of benzene rings is 1. The molecule has 20 heavy (non-hydrogen) atoms. The summed E-state index contributed by atoms with van der Waals surface area (Å²) in [6.07, 6.45) is 0. The van der Waals surface area contributed by atoms with E-state index in [1.54, 1.807) is 0 Å². The predicted molar refractivity (Wildman–Crippen MR) is 84.6 cm³/mol. The summed E-state index contributed by atoms with van der Waals surface area (Å²) in [5.41, 5.74) is 1.11. The average Bonchev–Trinajstić information content (AvgIpc) is 2.38. The predicted octanol–water partition coefficient (Wildman–Crippen LogP) is 2.01. The molecule has 0 heterocycles. The van der Waals surface area contributed by atoms with Crippen molar-refractivity contribution >= 4 is 40.7 Å². The molecule has 0 aliphatic carbocycles. The maximum Gasteiger partial charge on any atom is 0.321 e. The standard InChI is InChI=1S/C13H17NO4S.BrH/c1-9(12(15)16)14-11(13(17)18)8-19-7-10-5-3-2-4-6-10;/h2-6,9,11,14H,7-8H2,1H3,(H,15,16)(H,17,18);1H/t9?,11-;/m0./s1. The number of rotatable bonds is 8. The van der Waals surface area contributed by atoms with Gasteiger partial charge >= 0.3 is 11.9 Å². The Hall–Kier alpha value is -1.05. The lowest BCUT2D eigenvalue weighted by atomic mass is 10.2. The molecule has 0 aromatic heterocycles. The van der Waals surface area contributed by atoms with Crippen LogP contribution in [0.4, 0.5) is 0 Å². The van der Waals surface area contributed by atoms with Crippen LogP contribution in [0.5, 0.6) is 0 Å². The minimum Gasteiger partial charge on any atom is -0.480 e. The number of halogens is 1. The highest BCUT2D eigenvalue weighted by molar-refractivity contribution is 8.93. The van der Waals surface area contributed by atoms with Gasteiger partial charge in [-0.15, -0.1) is 17.0 Å². The SMILES string of the molecule is Br.CC(N[C@@H](CSCc1ccccc1)C(=O)O)C(=O)O. The first kappa shape index (κ1) is 18.9. The van der Waals surface area contributed by atoms with Gasteiger partial charge in [-0.3, -0.25) is 14.9 Å². The molecule has 0 spiro atoms. The second-order valence-corrected chi connectivity index (χ2v) is 5.15. The number of aliphatic carboxylic acids is 2. The second kappa shape index (κ2) is 9.79. The van der Waals surface area contributed by atoms with Gasteiger partial charge < -0.3 is 10.2 Å². The fourth-order valence-corrected chi connectivity index (χ4v) is 2.45. The van der Waals surface area contributed by atoms with Gasteiger partial charge in [0, 0.05) is 11.5 Å². The van der Waals surface area contributed by atoms with Gasteiger partial charge in [0.1, 0.15) is 12.1 Å². The van der Waals surface area contributed by atoms with E-state index in [-0.39, 0.29) is 17.0 Å². The minimum atomic E-state index is -1.06. The van der Waals surface area contributed by atoms with Gasteiger partial charge in [-0.2, -0.15) is 11.8 Å². The lowest BCUT2D eigenvalue weighted by Gasteiger charge is -2.17. The van der Waals surface area contributed by atoms with Crippen LogP contribution >= 0.6 is 28.7 Å². The van der Waals surface area contributed by atoms with E-state index in [0.29, 0.717) is 11.5 Å². The molecule has 0 fully saturated rings. The number of nitrogens with one attached hydrogen (secondary N) is 1. The molecular weight excluding hydrogens is 346 g/mol. The van der Waals surface area contributed by atoms with Crippen molar-refractivity contribution in [3.8, 4) is 0 Å². The first-order chi connectivity index (χ1) is 9.00. The van der Waals surface area contributed by atoms with Crippen molar-refractivity contribution in [3.63, 3.8) is 0 Å². The van der Waals surface area contributed by atoms with Crippen molar-refractivity contribution < 1.29 is 19.8 Å². The molecule has 0 radical (unpaired) electrons. The number of hydrogen-bond acceptors (Lipinski definition) is 4.